The number of carbonyl (C=O) groups excluding carboxylic acids is 2. The van der Waals surface area contributed by atoms with Gasteiger partial charge in [0.2, 0.25) is 5.41 Å². The normalized spacial score (nSPS) is 10.7. The van der Waals surface area contributed by atoms with Crippen LogP contribution in [0.4, 0.5) is 0 Å². The van der Waals surface area contributed by atoms with Gasteiger partial charge in [0.05, 0.1) is 27.9 Å². The molecule has 6 heteroatoms. The molecule has 0 saturated heterocycles. The van der Waals surface area contributed by atoms with Crippen molar-refractivity contribution in [3.63, 3.8) is 0 Å². The molecule has 0 aliphatic heterocycles. The Hall–Kier alpha value is -2.08. The summed E-state index contributed by atoms with van der Waals surface area (Å²) in [5.74, 6) is -1.20. The fourth-order valence-electron chi connectivity index (χ4n) is 1.76. The predicted molar refractivity (Wildman–Crippen MR) is 65.8 cm³/mol. The van der Waals surface area contributed by atoms with Crippen molar-refractivity contribution < 1.29 is 28.9 Å². The first-order valence-electron chi connectivity index (χ1n) is 5.49. The molecule has 0 atom stereocenters. The summed E-state index contributed by atoms with van der Waals surface area (Å²) in [5, 5.41) is 9.53. The van der Waals surface area contributed by atoms with Crippen molar-refractivity contribution in [1.29, 1.82) is 0 Å². The molecule has 1 aromatic carbocycles. The lowest BCUT2D eigenvalue weighted by molar-refractivity contribution is -0.164. The molecule has 0 heterocycles. The van der Waals surface area contributed by atoms with Crippen LogP contribution < -0.4 is 4.74 Å². The molecule has 0 aliphatic rings. The van der Waals surface area contributed by atoms with Crippen LogP contribution in [0.3, 0.4) is 0 Å². The maximum atomic E-state index is 11.9. The van der Waals surface area contributed by atoms with E-state index in [1.807, 2.05) is 0 Å². The number of hydrogen-bond donors (Lipinski definition) is 1. The Morgan fingerprint density at radius 3 is 1.84 bits per heavy atom. The molecule has 6 nitrogen and oxygen atoms in total. The van der Waals surface area contributed by atoms with Crippen LogP contribution in [-0.2, 0) is 24.5 Å². The topological polar surface area (TPSA) is 82.1 Å². The van der Waals surface area contributed by atoms with Gasteiger partial charge in [0.1, 0.15) is 5.75 Å². The summed E-state index contributed by atoms with van der Waals surface area (Å²) < 4.78 is 14.2. The van der Waals surface area contributed by atoms with E-state index in [1.165, 1.54) is 19.2 Å². The van der Waals surface area contributed by atoms with Gasteiger partial charge in [0.15, 0.2) is 0 Å². The lowest BCUT2D eigenvalue weighted by atomic mass is 9.81. The summed E-state index contributed by atoms with van der Waals surface area (Å²) in [5.41, 5.74) is -1.61. The minimum absolute atomic E-state index is 0.273. The third-order valence-corrected chi connectivity index (χ3v) is 2.89. The molecule has 0 radical (unpaired) electrons. The van der Waals surface area contributed by atoms with E-state index >= 15 is 0 Å². The molecule has 0 bridgehead atoms. The second-order valence-electron chi connectivity index (χ2n) is 3.78. The highest BCUT2D eigenvalue weighted by Gasteiger charge is 2.49. The third kappa shape index (κ3) is 2.53. The number of benzene rings is 1. The summed E-state index contributed by atoms with van der Waals surface area (Å²) >= 11 is 0. The molecule has 0 saturated carbocycles. The molecular formula is C13H16O6. The van der Waals surface area contributed by atoms with Crippen molar-refractivity contribution in [2.24, 2.45) is 0 Å². The van der Waals surface area contributed by atoms with Crippen LogP contribution in [-0.4, -0.2) is 45.0 Å². The zero-order chi connectivity index (χ0) is 14.5. The standard InChI is InChI=1S/C13H16O6/c1-17-10-6-4-9(5-7-10)13(8-14,11(15)18-2)12(16)19-3/h4-7,14H,8H2,1-3H3. The predicted octanol–water partition coefficient (Wildman–Crippen LogP) is 0.271. The van der Waals surface area contributed by atoms with Gasteiger partial charge in [-0.1, -0.05) is 12.1 Å². The molecule has 0 spiro atoms. The summed E-state index contributed by atoms with van der Waals surface area (Å²) in [4.78, 5) is 23.8. The number of carbonyl (C=O) groups is 2. The largest absolute Gasteiger partial charge is 0.497 e. The first kappa shape index (κ1) is 15.0. The van der Waals surface area contributed by atoms with Crippen molar-refractivity contribution >= 4 is 11.9 Å². The van der Waals surface area contributed by atoms with Gasteiger partial charge in [-0.15, -0.1) is 0 Å². The van der Waals surface area contributed by atoms with Gasteiger partial charge in [-0.05, 0) is 17.7 Å². The van der Waals surface area contributed by atoms with E-state index in [0.29, 0.717) is 5.75 Å². The van der Waals surface area contributed by atoms with Gasteiger partial charge in [-0.2, -0.15) is 0 Å². The van der Waals surface area contributed by atoms with Gasteiger partial charge >= 0.3 is 11.9 Å². The van der Waals surface area contributed by atoms with Crippen LogP contribution in [0.1, 0.15) is 5.56 Å². The average Bonchev–Trinajstić information content (AvgIpc) is 2.48. The van der Waals surface area contributed by atoms with E-state index in [1.54, 1.807) is 12.1 Å². The smallest absolute Gasteiger partial charge is 0.330 e. The van der Waals surface area contributed by atoms with E-state index in [2.05, 4.69) is 9.47 Å². The Bertz CT molecular complexity index is 435. The van der Waals surface area contributed by atoms with E-state index in [4.69, 9.17) is 4.74 Å². The van der Waals surface area contributed by atoms with Gasteiger partial charge in [0, 0.05) is 0 Å². The van der Waals surface area contributed by atoms with E-state index < -0.39 is 24.0 Å². The van der Waals surface area contributed by atoms with Crippen LogP contribution >= 0.6 is 0 Å². The number of rotatable bonds is 5. The van der Waals surface area contributed by atoms with Gasteiger partial charge in [-0.3, -0.25) is 9.59 Å². The third-order valence-electron chi connectivity index (χ3n) is 2.89. The quantitative estimate of drug-likeness (QED) is 0.610. The fraction of sp³-hybridized carbons (Fsp3) is 0.385. The van der Waals surface area contributed by atoms with E-state index in [9.17, 15) is 14.7 Å². The minimum atomic E-state index is -1.88. The van der Waals surface area contributed by atoms with Crippen molar-refractivity contribution in [2.45, 2.75) is 5.41 Å². The Morgan fingerprint density at radius 2 is 1.53 bits per heavy atom. The van der Waals surface area contributed by atoms with Crippen molar-refractivity contribution in [2.75, 3.05) is 27.9 Å². The first-order valence-corrected chi connectivity index (χ1v) is 5.49. The molecule has 1 rings (SSSR count). The van der Waals surface area contributed by atoms with Crippen LogP contribution in [0.15, 0.2) is 24.3 Å². The molecule has 0 aromatic heterocycles. The van der Waals surface area contributed by atoms with Crippen molar-refractivity contribution in [3.8, 4) is 5.75 Å². The second kappa shape index (κ2) is 6.19. The monoisotopic (exact) mass is 268 g/mol. The molecule has 0 unspecified atom stereocenters. The summed E-state index contributed by atoms with van der Waals surface area (Å²) in [6, 6.07) is 6.16. The highest BCUT2D eigenvalue weighted by Crippen LogP contribution is 2.28. The maximum Gasteiger partial charge on any atom is 0.330 e. The van der Waals surface area contributed by atoms with Gasteiger partial charge in [-0.25, -0.2) is 0 Å². The van der Waals surface area contributed by atoms with Crippen molar-refractivity contribution in [3.05, 3.63) is 29.8 Å². The number of esters is 2. The Labute approximate surface area is 110 Å². The fourth-order valence-corrected chi connectivity index (χ4v) is 1.76. The van der Waals surface area contributed by atoms with Crippen LogP contribution in [0.5, 0.6) is 5.75 Å². The highest BCUT2D eigenvalue weighted by atomic mass is 16.5. The number of hydrogen-bond acceptors (Lipinski definition) is 6. The summed E-state index contributed by atoms with van der Waals surface area (Å²) in [6.07, 6.45) is 0. The molecule has 1 N–H and O–H groups in total. The number of methoxy groups -OCH3 is 3. The molecule has 19 heavy (non-hydrogen) atoms. The van der Waals surface area contributed by atoms with E-state index in [0.717, 1.165) is 14.2 Å². The van der Waals surface area contributed by atoms with Gasteiger partial charge < -0.3 is 19.3 Å². The van der Waals surface area contributed by atoms with Crippen LogP contribution in [0, 0.1) is 0 Å². The van der Waals surface area contributed by atoms with Gasteiger partial charge in [0.25, 0.3) is 0 Å². The highest BCUT2D eigenvalue weighted by molar-refractivity contribution is 6.06. The summed E-state index contributed by atoms with van der Waals surface area (Å²) in [7, 11) is 3.77. The Morgan fingerprint density at radius 1 is 1.05 bits per heavy atom. The molecule has 0 amide bonds. The minimum Gasteiger partial charge on any atom is -0.497 e. The molecule has 0 fully saturated rings. The first-order chi connectivity index (χ1) is 9.06. The Kier molecular flexibility index (Phi) is 4.88. The Balaban J connectivity index is 3.36. The zero-order valence-corrected chi connectivity index (χ0v) is 11.0. The molecule has 1 aromatic rings. The summed E-state index contributed by atoms with van der Waals surface area (Å²) in [6.45, 7) is -0.751. The zero-order valence-electron chi connectivity index (χ0n) is 11.0. The number of aliphatic hydroxyl groups excluding tert-OH is 1. The van der Waals surface area contributed by atoms with Crippen LogP contribution in [0.2, 0.25) is 0 Å². The second-order valence-corrected chi connectivity index (χ2v) is 3.78. The number of ether oxygens (including phenoxy) is 3. The van der Waals surface area contributed by atoms with Crippen LogP contribution in [0.25, 0.3) is 0 Å². The molecular weight excluding hydrogens is 252 g/mol. The maximum absolute atomic E-state index is 11.9. The molecule has 0 aliphatic carbocycles. The SMILES string of the molecule is COC(=O)C(CO)(C(=O)OC)c1ccc(OC)cc1. The van der Waals surface area contributed by atoms with Crippen molar-refractivity contribution in [1.82, 2.24) is 0 Å². The number of aliphatic hydroxyl groups is 1. The van der Waals surface area contributed by atoms with E-state index in [-0.39, 0.29) is 5.56 Å². The lowest BCUT2D eigenvalue weighted by Crippen LogP contribution is -2.48. The average molecular weight is 268 g/mol. The lowest BCUT2D eigenvalue weighted by Gasteiger charge is -2.26. The molecule has 104 valence electrons.